The zero-order chi connectivity index (χ0) is 20.2. The lowest BCUT2D eigenvalue weighted by molar-refractivity contribution is 0.0938. The fourth-order valence-electron chi connectivity index (χ4n) is 2.06. The summed E-state index contributed by atoms with van der Waals surface area (Å²) >= 11 is 1.09. The Morgan fingerprint density at radius 3 is 2.44 bits per heavy atom. The molecule has 2 N–H and O–H groups in total. The van der Waals surface area contributed by atoms with Crippen LogP contribution < -0.4 is 10.6 Å². The third-order valence-corrected chi connectivity index (χ3v) is 6.57. The molecule has 2 rings (SSSR count). The number of hydrogen-bond donors (Lipinski definition) is 2. The topological polar surface area (TPSA) is 119 Å². The number of sulfone groups is 1. The molecule has 8 nitrogen and oxygen atoms in total. The molecule has 0 unspecified atom stereocenters. The van der Waals surface area contributed by atoms with E-state index in [0.717, 1.165) is 18.4 Å². The molecule has 0 aliphatic rings. The van der Waals surface area contributed by atoms with Gasteiger partial charge in [0.2, 0.25) is 0 Å². The van der Waals surface area contributed by atoms with Crippen molar-refractivity contribution in [3.63, 3.8) is 0 Å². The van der Waals surface area contributed by atoms with Gasteiger partial charge in [-0.1, -0.05) is 6.07 Å². The van der Waals surface area contributed by atoms with E-state index in [9.17, 15) is 22.8 Å². The number of rotatable bonds is 5. The Hall–Kier alpha value is -2.72. The summed E-state index contributed by atoms with van der Waals surface area (Å²) in [5.74, 6) is -1.31. The molecule has 0 saturated carbocycles. The minimum atomic E-state index is -3.53. The quantitative estimate of drug-likeness (QED) is 0.782. The van der Waals surface area contributed by atoms with Crippen LogP contribution in [0.2, 0.25) is 0 Å². The number of carbonyl (C=O) groups excluding carboxylic acids is 3. The predicted molar refractivity (Wildman–Crippen MR) is 101 cm³/mol. The number of alkyl carbamates (subject to hydrolysis) is 1. The Balaban J connectivity index is 2.24. The maximum Gasteiger partial charge on any atom is 0.413 e. The van der Waals surface area contributed by atoms with Crippen molar-refractivity contribution in [1.82, 2.24) is 5.32 Å². The number of hydrogen-bond acceptors (Lipinski definition) is 7. The van der Waals surface area contributed by atoms with Crippen molar-refractivity contribution in [3.8, 4) is 0 Å². The normalized spacial score (nSPS) is 11.1. The van der Waals surface area contributed by atoms with Crippen LogP contribution in [-0.4, -0.2) is 38.7 Å². The summed E-state index contributed by atoms with van der Waals surface area (Å²) in [7, 11) is -2.40. The Morgan fingerprint density at radius 1 is 1.11 bits per heavy atom. The molecule has 1 heterocycles. The van der Waals surface area contributed by atoms with Crippen LogP contribution in [0.1, 0.15) is 34.6 Å². The van der Waals surface area contributed by atoms with Gasteiger partial charge in [-0.25, -0.2) is 13.2 Å². The summed E-state index contributed by atoms with van der Waals surface area (Å²) < 4.78 is 28.9. The van der Waals surface area contributed by atoms with Gasteiger partial charge in [-0.05, 0) is 43.5 Å². The highest BCUT2D eigenvalue weighted by atomic mass is 32.2. The lowest BCUT2D eigenvalue weighted by Gasteiger charge is -2.10. The van der Waals surface area contributed by atoms with Gasteiger partial charge in [0.15, 0.2) is 9.84 Å². The first kappa shape index (κ1) is 20.6. The summed E-state index contributed by atoms with van der Waals surface area (Å²) in [5, 5.41) is 5.73. The van der Waals surface area contributed by atoms with Gasteiger partial charge in [0.05, 0.1) is 22.8 Å². The van der Waals surface area contributed by atoms with Crippen LogP contribution in [0.25, 0.3) is 0 Å². The van der Waals surface area contributed by atoms with E-state index in [0.29, 0.717) is 0 Å². The number of imide groups is 1. The van der Waals surface area contributed by atoms with Gasteiger partial charge in [-0.2, -0.15) is 0 Å². The van der Waals surface area contributed by atoms with E-state index in [1.54, 1.807) is 19.2 Å². The highest BCUT2D eigenvalue weighted by Gasteiger charge is 2.22. The standard InChI is InChI=1S/C17H18N2O6S2/c1-10(2)27(23,24)12-6-4-5-11(9-12)14(20)18-16-13(7-8-26-16)15(21)19-17(22)25-3/h4-10H,1-3H3,(H,18,20)(H,19,21,22). The Bertz CT molecular complexity index is 979. The number of benzene rings is 1. The van der Waals surface area contributed by atoms with Crippen molar-refractivity contribution in [2.45, 2.75) is 24.0 Å². The average Bonchev–Trinajstić information content (AvgIpc) is 3.09. The molecular formula is C17H18N2O6S2. The molecular weight excluding hydrogens is 392 g/mol. The number of methoxy groups -OCH3 is 1. The van der Waals surface area contributed by atoms with Crippen LogP contribution in [0.5, 0.6) is 0 Å². The van der Waals surface area contributed by atoms with Gasteiger partial charge in [0, 0.05) is 5.56 Å². The maximum atomic E-state index is 12.5. The van der Waals surface area contributed by atoms with E-state index in [2.05, 4.69) is 10.1 Å². The number of carbonyl (C=O) groups is 3. The second-order valence-electron chi connectivity index (χ2n) is 5.68. The SMILES string of the molecule is COC(=O)NC(=O)c1ccsc1NC(=O)c1cccc(S(=O)(=O)C(C)C)c1. The number of amides is 3. The number of ether oxygens (including phenoxy) is 1. The fraction of sp³-hybridized carbons (Fsp3) is 0.235. The summed E-state index contributed by atoms with van der Waals surface area (Å²) in [6.07, 6.45) is -0.921. The van der Waals surface area contributed by atoms with E-state index in [1.165, 1.54) is 30.3 Å². The van der Waals surface area contributed by atoms with Gasteiger partial charge in [-0.15, -0.1) is 11.3 Å². The summed E-state index contributed by atoms with van der Waals surface area (Å²) in [5.41, 5.74) is 0.217. The number of anilines is 1. The molecule has 0 atom stereocenters. The van der Waals surface area contributed by atoms with Crippen molar-refractivity contribution in [1.29, 1.82) is 0 Å². The van der Waals surface area contributed by atoms with E-state index < -0.39 is 33.0 Å². The zero-order valence-corrected chi connectivity index (χ0v) is 16.4. The maximum absolute atomic E-state index is 12.5. The lowest BCUT2D eigenvalue weighted by Crippen LogP contribution is -2.30. The van der Waals surface area contributed by atoms with E-state index in [1.807, 2.05) is 5.32 Å². The lowest BCUT2D eigenvalue weighted by atomic mass is 10.2. The fourth-order valence-corrected chi connectivity index (χ4v) is 3.94. The highest BCUT2D eigenvalue weighted by Crippen LogP contribution is 2.24. The molecule has 0 fully saturated rings. The molecule has 27 heavy (non-hydrogen) atoms. The van der Waals surface area contributed by atoms with Gasteiger partial charge < -0.3 is 10.1 Å². The van der Waals surface area contributed by atoms with E-state index in [-0.39, 0.29) is 21.0 Å². The second-order valence-corrected chi connectivity index (χ2v) is 9.11. The van der Waals surface area contributed by atoms with Crippen LogP contribution in [0, 0.1) is 0 Å². The molecule has 0 aliphatic heterocycles. The highest BCUT2D eigenvalue weighted by molar-refractivity contribution is 7.92. The Morgan fingerprint density at radius 2 is 1.81 bits per heavy atom. The van der Waals surface area contributed by atoms with Gasteiger partial charge in [0.1, 0.15) is 5.00 Å². The molecule has 10 heteroatoms. The first-order valence-electron chi connectivity index (χ1n) is 7.79. The summed E-state index contributed by atoms with van der Waals surface area (Å²) in [6.45, 7) is 3.11. The minimum Gasteiger partial charge on any atom is -0.453 e. The molecule has 0 spiro atoms. The van der Waals surface area contributed by atoms with Crippen molar-refractivity contribution >= 4 is 44.1 Å². The number of nitrogens with one attached hydrogen (secondary N) is 2. The smallest absolute Gasteiger partial charge is 0.413 e. The van der Waals surface area contributed by atoms with Crippen LogP contribution in [-0.2, 0) is 14.6 Å². The number of thiophene rings is 1. The first-order valence-corrected chi connectivity index (χ1v) is 10.2. The van der Waals surface area contributed by atoms with E-state index >= 15 is 0 Å². The molecule has 0 bridgehead atoms. The monoisotopic (exact) mass is 410 g/mol. The van der Waals surface area contributed by atoms with E-state index in [4.69, 9.17) is 0 Å². The molecule has 3 amide bonds. The third-order valence-electron chi connectivity index (χ3n) is 3.58. The average molecular weight is 410 g/mol. The van der Waals surface area contributed by atoms with Crippen molar-refractivity contribution in [2.24, 2.45) is 0 Å². The largest absolute Gasteiger partial charge is 0.453 e. The third kappa shape index (κ3) is 4.72. The molecule has 144 valence electrons. The van der Waals surface area contributed by atoms with Crippen LogP contribution in [0.3, 0.4) is 0 Å². The minimum absolute atomic E-state index is 0.0417. The van der Waals surface area contributed by atoms with Crippen molar-refractivity contribution < 1.29 is 27.5 Å². The predicted octanol–water partition coefficient (Wildman–Crippen LogP) is 2.68. The van der Waals surface area contributed by atoms with Crippen molar-refractivity contribution in [3.05, 3.63) is 46.8 Å². The Kier molecular flexibility index (Phi) is 6.34. The molecule has 0 aliphatic carbocycles. The van der Waals surface area contributed by atoms with Crippen LogP contribution >= 0.6 is 11.3 Å². The Labute approximate surface area is 160 Å². The van der Waals surface area contributed by atoms with Gasteiger partial charge >= 0.3 is 6.09 Å². The first-order chi connectivity index (χ1) is 12.7. The summed E-state index contributed by atoms with van der Waals surface area (Å²) in [6, 6.07) is 7.09. The molecule has 2 aromatic rings. The van der Waals surface area contributed by atoms with Crippen LogP contribution in [0.4, 0.5) is 9.80 Å². The molecule has 0 saturated heterocycles. The molecule has 0 radical (unpaired) electrons. The van der Waals surface area contributed by atoms with Gasteiger partial charge in [0.25, 0.3) is 11.8 Å². The van der Waals surface area contributed by atoms with Crippen molar-refractivity contribution in [2.75, 3.05) is 12.4 Å². The van der Waals surface area contributed by atoms with Gasteiger partial charge in [-0.3, -0.25) is 14.9 Å². The molecule has 1 aromatic carbocycles. The zero-order valence-electron chi connectivity index (χ0n) is 14.8. The second kappa shape index (κ2) is 8.31. The van der Waals surface area contributed by atoms with Crippen LogP contribution in [0.15, 0.2) is 40.6 Å². The summed E-state index contributed by atoms with van der Waals surface area (Å²) in [4.78, 5) is 35.7. The molecule has 1 aromatic heterocycles.